The van der Waals surface area contributed by atoms with Gasteiger partial charge in [-0.15, -0.1) is 0 Å². The first-order chi connectivity index (χ1) is 9.35. The van der Waals surface area contributed by atoms with Gasteiger partial charge in [-0.3, -0.25) is 11.3 Å². The van der Waals surface area contributed by atoms with Crippen molar-refractivity contribution < 1.29 is 22.3 Å². The van der Waals surface area contributed by atoms with E-state index in [1.54, 1.807) is 0 Å². The maximum Gasteiger partial charge on any atom is 0.330 e. The van der Waals surface area contributed by atoms with Crippen LogP contribution < -0.4 is 11.3 Å². The van der Waals surface area contributed by atoms with Crippen LogP contribution >= 0.6 is 0 Å². The summed E-state index contributed by atoms with van der Waals surface area (Å²) in [6.45, 7) is 0.446. The summed E-state index contributed by atoms with van der Waals surface area (Å²) in [7, 11) is 0. The predicted molar refractivity (Wildman–Crippen MR) is 67.8 cm³/mol. The fourth-order valence-electron chi connectivity index (χ4n) is 1.57. The zero-order valence-corrected chi connectivity index (χ0v) is 11.1. The lowest BCUT2D eigenvalue weighted by Gasteiger charge is -2.19. The highest BCUT2D eigenvalue weighted by Crippen LogP contribution is 2.22. The first-order valence-electron chi connectivity index (χ1n) is 6.10. The molecule has 0 heterocycles. The van der Waals surface area contributed by atoms with Crippen LogP contribution in [0.15, 0.2) is 24.3 Å². The Bertz CT molecular complexity index is 398. The highest BCUT2D eigenvalue weighted by atomic mass is 19.3. The van der Waals surface area contributed by atoms with Crippen LogP contribution in [0.4, 0.5) is 17.6 Å². The third kappa shape index (κ3) is 5.44. The van der Waals surface area contributed by atoms with Crippen molar-refractivity contribution in [2.75, 3.05) is 13.2 Å². The van der Waals surface area contributed by atoms with Gasteiger partial charge < -0.3 is 4.74 Å². The molecule has 0 amide bonds. The van der Waals surface area contributed by atoms with Crippen LogP contribution in [-0.4, -0.2) is 31.6 Å². The molecule has 0 aromatic heterocycles. The van der Waals surface area contributed by atoms with Crippen LogP contribution in [0, 0.1) is 6.92 Å². The molecule has 0 spiro atoms. The minimum atomic E-state index is -4.14. The van der Waals surface area contributed by atoms with Crippen molar-refractivity contribution in [1.29, 1.82) is 0 Å². The van der Waals surface area contributed by atoms with Crippen LogP contribution in [-0.2, 0) is 11.2 Å². The van der Waals surface area contributed by atoms with Crippen LogP contribution in [0.3, 0.4) is 0 Å². The summed E-state index contributed by atoms with van der Waals surface area (Å²) < 4.78 is 53.8. The van der Waals surface area contributed by atoms with Crippen molar-refractivity contribution in [3.8, 4) is 0 Å². The number of hydrogen-bond acceptors (Lipinski definition) is 3. The Morgan fingerprint density at radius 2 is 1.85 bits per heavy atom. The van der Waals surface area contributed by atoms with Gasteiger partial charge in [0.25, 0.3) is 0 Å². The van der Waals surface area contributed by atoms with E-state index in [1.807, 2.05) is 31.2 Å². The largest absolute Gasteiger partial charge is 0.373 e. The minimum Gasteiger partial charge on any atom is -0.373 e. The average Bonchev–Trinajstić information content (AvgIpc) is 2.39. The van der Waals surface area contributed by atoms with E-state index in [0.29, 0.717) is 6.42 Å². The number of nitrogens with one attached hydrogen (secondary N) is 1. The van der Waals surface area contributed by atoms with Crippen molar-refractivity contribution >= 4 is 0 Å². The number of nitrogens with two attached hydrogens (primary N) is 1. The highest BCUT2D eigenvalue weighted by Gasteiger charge is 2.41. The number of benzene rings is 1. The molecule has 0 radical (unpaired) electrons. The maximum atomic E-state index is 12.6. The Morgan fingerprint density at radius 1 is 1.25 bits per heavy atom. The second-order valence-corrected chi connectivity index (χ2v) is 4.63. The van der Waals surface area contributed by atoms with Crippen molar-refractivity contribution in [1.82, 2.24) is 5.43 Å². The van der Waals surface area contributed by atoms with Gasteiger partial charge in [0.15, 0.2) is 0 Å². The molecular weight excluding hydrogens is 276 g/mol. The summed E-state index contributed by atoms with van der Waals surface area (Å²) in [4.78, 5) is 0. The zero-order valence-electron chi connectivity index (χ0n) is 11.1. The van der Waals surface area contributed by atoms with Gasteiger partial charge in [-0.2, -0.15) is 8.78 Å². The molecular formula is C13H18F4N2O. The molecule has 3 N–H and O–H groups in total. The molecule has 0 bridgehead atoms. The van der Waals surface area contributed by atoms with Gasteiger partial charge in [0.05, 0.1) is 6.61 Å². The lowest BCUT2D eigenvalue weighted by atomic mass is 10.1. The third-order valence-corrected chi connectivity index (χ3v) is 2.77. The fourth-order valence-corrected chi connectivity index (χ4v) is 1.57. The summed E-state index contributed by atoms with van der Waals surface area (Å²) in [6, 6.07) is 7.16. The van der Waals surface area contributed by atoms with Gasteiger partial charge in [-0.25, -0.2) is 8.78 Å². The topological polar surface area (TPSA) is 47.3 Å². The number of alkyl halides is 4. The van der Waals surface area contributed by atoms with Crippen molar-refractivity contribution in [3.05, 3.63) is 35.4 Å². The molecule has 3 nitrogen and oxygen atoms in total. The summed E-state index contributed by atoms with van der Waals surface area (Å²) in [5, 5.41) is 0. The SMILES string of the molecule is Cc1ccc(CC(COCC(F)(F)C(F)F)NN)cc1. The van der Waals surface area contributed by atoms with Crippen LogP contribution in [0.25, 0.3) is 0 Å². The van der Waals surface area contributed by atoms with E-state index < -0.39 is 25.0 Å². The van der Waals surface area contributed by atoms with E-state index >= 15 is 0 Å². The Kier molecular flexibility index (Phi) is 6.38. The molecule has 0 aliphatic heterocycles. The first kappa shape index (κ1) is 16.9. The summed E-state index contributed by atoms with van der Waals surface area (Å²) in [5.41, 5.74) is 4.47. The van der Waals surface area contributed by atoms with Crippen molar-refractivity contribution in [2.24, 2.45) is 5.84 Å². The quantitative estimate of drug-likeness (QED) is 0.439. The number of rotatable bonds is 8. The van der Waals surface area contributed by atoms with Crippen LogP contribution in [0.1, 0.15) is 11.1 Å². The van der Waals surface area contributed by atoms with Crippen molar-refractivity contribution in [2.45, 2.75) is 31.7 Å². The van der Waals surface area contributed by atoms with Crippen LogP contribution in [0.2, 0.25) is 0 Å². The molecule has 20 heavy (non-hydrogen) atoms. The summed E-state index contributed by atoms with van der Waals surface area (Å²) in [5.74, 6) is 1.16. The third-order valence-electron chi connectivity index (χ3n) is 2.77. The van der Waals surface area contributed by atoms with Crippen LogP contribution in [0.5, 0.6) is 0 Å². The van der Waals surface area contributed by atoms with E-state index in [1.165, 1.54) is 0 Å². The molecule has 0 aliphatic rings. The Hall–Kier alpha value is -1.18. The first-order valence-corrected chi connectivity index (χ1v) is 6.10. The van der Waals surface area contributed by atoms with Gasteiger partial charge in [-0.05, 0) is 18.9 Å². The predicted octanol–water partition coefficient (Wildman–Crippen LogP) is 2.29. The fraction of sp³-hybridized carbons (Fsp3) is 0.538. The molecule has 1 aromatic carbocycles. The van der Waals surface area contributed by atoms with E-state index in [9.17, 15) is 17.6 Å². The molecule has 1 unspecified atom stereocenters. The van der Waals surface area contributed by atoms with E-state index in [4.69, 9.17) is 5.84 Å². The number of ether oxygens (including phenoxy) is 1. The van der Waals surface area contributed by atoms with Crippen molar-refractivity contribution in [3.63, 3.8) is 0 Å². The summed E-state index contributed by atoms with van der Waals surface area (Å²) in [6.07, 6.45) is -3.28. The molecule has 0 saturated heterocycles. The van der Waals surface area contributed by atoms with E-state index in [2.05, 4.69) is 10.2 Å². The molecule has 0 aliphatic carbocycles. The molecule has 1 atom stereocenters. The van der Waals surface area contributed by atoms with Gasteiger partial charge >= 0.3 is 12.3 Å². The van der Waals surface area contributed by atoms with Gasteiger partial charge in [0.2, 0.25) is 0 Å². The Balaban J connectivity index is 2.42. The van der Waals surface area contributed by atoms with Gasteiger partial charge in [0.1, 0.15) is 6.61 Å². The van der Waals surface area contributed by atoms with Gasteiger partial charge in [0, 0.05) is 6.04 Å². The molecule has 1 aromatic rings. The standard InChI is InChI=1S/C13H18F4N2O/c1-9-2-4-10(5-3-9)6-11(19-18)7-20-8-13(16,17)12(14)15/h2-5,11-12,19H,6-8,18H2,1H3. The molecule has 1 rings (SSSR count). The highest BCUT2D eigenvalue weighted by molar-refractivity contribution is 5.22. The summed E-state index contributed by atoms with van der Waals surface area (Å²) >= 11 is 0. The second kappa shape index (κ2) is 7.56. The number of hydrazine groups is 1. The Labute approximate surface area is 115 Å². The number of hydrogen-bond donors (Lipinski definition) is 2. The monoisotopic (exact) mass is 294 g/mol. The zero-order chi connectivity index (χ0) is 15.2. The van der Waals surface area contributed by atoms with E-state index in [0.717, 1.165) is 11.1 Å². The Morgan fingerprint density at radius 3 is 2.35 bits per heavy atom. The maximum absolute atomic E-state index is 12.6. The average molecular weight is 294 g/mol. The number of halogens is 4. The minimum absolute atomic E-state index is 0.174. The number of aryl methyl sites for hydroxylation is 1. The normalized spacial score (nSPS) is 13.8. The molecule has 0 fully saturated rings. The molecule has 7 heteroatoms. The molecule has 0 saturated carbocycles. The lowest BCUT2D eigenvalue weighted by Crippen LogP contribution is -2.42. The second-order valence-electron chi connectivity index (χ2n) is 4.63. The molecule has 114 valence electrons. The van der Waals surface area contributed by atoms with Gasteiger partial charge in [-0.1, -0.05) is 29.8 Å². The van der Waals surface area contributed by atoms with E-state index in [-0.39, 0.29) is 6.61 Å². The smallest absolute Gasteiger partial charge is 0.330 e. The lowest BCUT2D eigenvalue weighted by molar-refractivity contribution is -0.167.